The van der Waals surface area contributed by atoms with Gasteiger partial charge in [-0.05, 0) is 18.2 Å². The Bertz CT molecular complexity index is 586. The Hall–Kier alpha value is -1.69. The topological polar surface area (TPSA) is 72.3 Å². The smallest absolute Gasteiger partial charge is 0.309 e. The molecule has 0 saturated carbocycles. The quantitative estimate of drug-likeness (QED) is 0.938. The van der Waals surface area contributed by atoms with Crippen LogP contribution in [0.3, 0.4) is 0 Å². The van der Waals surface area contributed by atoms with Crippen molar-refractivity contribution >= 4 is 32.9 Å². The highest BCUT2D eigenvalue weighted by Gasteiger charge is 2.12. The van der Waals surface area contributed by atoms with Crippen molar-refractivity contribution in [2.24, 2.45) is 0 Å². The third-order valence-corrected chi connectivity index (χ3v) is 2.67. The number of rotatable bonds is 3. The van der Waals surface area contributed by atoms with Crippen molar-refractivity contribution in [2.75, 3.05) is 7.11 Å². The highest BCUT2D eigenvalue weighted by molar-refractivity contribution is 9.10. The van der Waals surface area contributed by atoms with Crippen LogP contribution >= 0.6 is 15.9 Å². The highest BCUT2D eigenvalue weighted by atomic mass is 79.9. The number of ether oxygens (including phenoxy) is 1. The van der Waals surface area contributed by atoms with Crippen LogP contribution < -0.4 is 4.74 Å². The molecule has 0 amide bonds. The molecule has 0 saturated heterocycles. The first-order chi connectivity index (χ1) is 8.10. The van der Waals surface area contributed by atoms with Crippen molar-refractivity contribution in [1.29, 1.82) is 0 Å². The number of nitrogens with zero attached hydrogens (tertiary/aromatic N) is 2. The van der Waals surface area contributed by atoms with E-state index in [1.165, 1.54) is 7.11 Å². The first kappa shape index (κ1) is 11.8. The van der Waals surface area contributed by atoms with E-state index in [1.54, 1.807) is 12.1 Å². The van der Waals surface area contributed by atoms with Crippen LogP contribution in [0, 0.1) is 0 Å². The Kier molecular flexibility index (Phi) is 3.23. The number of methoxy groups -OCH3 is 1. The third kappa shape index (κ3) is 2.52. The summed E-state index contributed by atoms with van der Waals surface area (Å²) in [5.41, 5.74) is 1.63. The molecule has 2 rings (SSSR count). The number of hydrogen-bond acceptors (Lipinski definition) is 4. The van der Waals surface area contributed by atoms with Gasteiger partial charge < -0.3 is 9.84 Å². The molecule has 0 atom stereocenters. The predicted molar refractivity (Wildman–Crippen MR) is 65.1 cm³/mol. The maximum absolute atomic E-state index is 10.7. The summed E-state index contributed by atoms with van der Waals surface area (Å²) in [6, 6.07) is 5.42. The van der Waals surface area contributed by atoms with Gasteiger partial charge in [0.25, 0.3) is 0 Å². The molecule has 1 aromatic heterocycles. The van der Waals surface area contributed by atoms with Crippen LogP contribution in [-0.4, -0.2) is 28.2 Å². The summed E-state index contributed by atoms with van der Waals surface area (Å²) in [6.07, 6.45) is -0.210. The fraction of sp³-hybridized carbons (Fsp3) is 0.182. The van der Waals surface area contributed by atoms with Gasteiger partial charge in [-0.25, -0.2) is 9.97 Å². The van der Waals surface area contributed by atoms with Gasteiger partial charge in [0.1, 0.15) is 5.69 Å². The lowest BCUT2D eigenvalue weighted by Gasteiger charge is -2.06. The molecule has 0 unspecified atom stereocenters. The lowest BCUT2D eigenvalue weighted by atomic mass is 10.2. The number of carbonyl (C=O) groups is 1. The zero-order valence-electron chi connectivity index (χ0n) is 8.98. The minimum atomic E-state index is -0.966. The molecular weight excluding hydrogens is 288 g/mol. The van der Waals surface area contributed by atoms with Gasteiger partial charge in [-0.2, -0.15) is 0 Å². The second-order valence-electron chi connectivity index (χ2n) is 3.38. The van der Waals surface area contributed by atoms with E-state index < -0.39 is 5.97 Å². The van der Waals surface area contributed by atoms with Gasteiger partial charge >= 0.3 is 5.97 Å². The second-order valence-corrected chi connectivity index (χ2v) is 4.30. The van der Waals surface area contributed by atoms with Crippen LogP contribution in [-0.2, 0) is 11.2 Å². The van der Waals surface area contributed by atoms with Gasteiger partial charge in [-0.15, -0.1) is 0 Å². The molecule has 1 N–H and O–H groups in total. The SMILES string of the molecule is COc1nc2ccc(Br)cc2nc1CC(=O)O. The van der Waals surface area contributed by atoms with Crippen LogP contribution in [0.1, 0.15) is 5.69 Å². The van der Waals surface area contributed by atoms with Crippen LogP contribution in [0.15, 0.2) is 22.7 Å². The van der Waals surface area contributed by atoms with Crippen LogP contribution in [0.5, 0.6) is 5.88 Å². The first-order valence-corrected chi connectivity index (χ1v) is 5.61. The number of carboxylic acid groups (broad SMARTS) is 1. The summed E-state index contributed by atoms with van der Waals surface area (Å²) in [7, 11) is 1.44. The van der Waals surface area contributed by atoms with E-state index in [2.05, 4.69) is 25.9 Å². The van der Waals surface area contributed by atoms with E-state index in [0.717, 1.165) is 4.47 Å². The highest BCUT2D eigenvalue weighted by Crippen LogP contribution is 2.22. The maximum atomic E-state index is 10.7. The standard InChI is InChI=1S/C11H9BrN2O3/c1-17-11-9(5-10(15)16)13-8-4-6(12)2-3-7(8)14-11/h2-4H,5H2,1H3,(H,15,16). The molecule has 0 spiro atoms. The molecule has 0 aliphatic rings. The first-order valence-electron chi connectivity index (χ1n) is 4.82. The van der Waals surface area contributed by atoms with Crippen molar-refractivity contribution in [3.8, 4) is 5.88 Å². The average Bonchev–Trinajstić information content (AvgIpc) is 2.27. The number of aromatic nitrogens is 2. The van der Waals surface area contributed by atoms with Gasteiger partial charge in [0.15, 0.2) is 0 Å². The third-order valence-electron chi connectivity index (χ3n) is 2.17. The number of benzene rings is 1. The molecule has 0 fully saturated rings. The summed E-state index contributed by atoms with van der Waals surface area (Å²) in [5.74, 6) is -0.714. The molecule has 1 aromatic carbocycles. The van der Waals surface area contributed by atoms with Gasteiger partial charge in [-0.1, -0.05) is 15.9 Å². The Morgan fingerprint density at radius 2 is 2.18 bits per heavy atom. The van der Waals surface area contributed by atoms with Crippen molar-refractivity contribution in [2.45, 2.75) is 6.42 Å². The number of carboxylic acids is 1. The number of halogens is 1. The summed E-state index contributed by atoms with van der Waals surface area (Å²) in [5, 5.41) is 8.78. The van der Waals surface area contributed by atoms with Crippen molar-refractivity contribution < 1.29 is 14.6 Å². The van der Waals surface area contributed by atoms with Crippen LogP contribution in [0.25, 0.3) is 11.0 Å². The largest absolute Gasteiger partial charge is 0.481 e. The van der Waals surface area contributed by atoms with Crippen LogP contribution in [0.4, 0.5) is 0 Å². The predicted octanol–water partition coefficient (Wildman–Crippen LogP) is 2.03. The van der Waals surface area contributed by atoms with Crippen molar-refractivity contribution in [3.63, 3.8) is 0 Å². The molecule has 6 heteroatoms. The molecule has 17 heavy (non-hydrogen) atoms. The molecule has 0 aliphatic heterocycles. The zero-order chi connectivity index (χ0) is 12.4. The Balaban J connectivity index is 2.60. The van der Waals surface area contributed by atoms with Crippen molar-refractivity contribution in [1.82, 2.24) is 9.97 Å². The molecule has 2 aromatic rings. The lowest BCUT2D eigenvalue weighted by Crippen LogP contribution is -2.06. The number of hydrogen-bond donors (Lipinski definition) is 1. The van der Waals surface area contributed by atoms with Gasteiger partial charge in [0, 0.05) is 4.47 Å². The Morgan fingerprint density at radius 1 is 1.41 bits per heavy atom. The zero-order valence-corrected chi connectivity index (χ0v) is 10.6. The van der Waals surface area contributed by atoms with E-state index in [1.807, 2.05) is 6.07 Å². The second kappa shape index (κ2) is 4.67. The van der Waals surface area contributed by atoms with Gasteiger partial charge in [-0.3, -0.25) is 4.79 Å². The van der Waals surface area contributed by atoms with E-state index in [0.29, 0.717) is 16.7 Å². The van der Waals surface area contributed by atoms with E-state index in [4.69, 9.17) is 9.84 Å². The van der Waals surface area contributed by atoms with Crippen molar-refractivity contribution in [3.05, 3.63) is 28.4 Å². The molecule has 1 heterocycles. The van der Waals surface area contributed by atoms with E-state index in [-0.39, 0.29) is 12.3 Å². The molecule has 88 valence electrons. The summed E-state index contributed by atoms with van der Waals surface area (Å²) in [4.78, 5) is 19.2. The summed E-state index contributed by atoms with van der Waals surface area (Å²) < 4.78 is 5.90. The fourth-order valence-electron chi connectivity index (χ4n) is 1.47. The number of aliphatic carboxylic acids is 1. The summed E-state index contributed by atoms with van der Waals surface area (Å²) in [6.45, 7) is 0. The maximum Gasteiger partial charge on any atom is 0.309 e. The monoisotopic (exact) mass is 296 g/mol. The Labute approximate surface area is 106 Å². The van der Waals surface area contributed by atoms with Gasteiger partial charge in [0.2, 0.25) is 5.88 Å². The molecular formula is C11H9BrN2O3. The molecule has 0 radical (unpaired) electrons. The van der Waals surface area contributed by atoms with E-state index >= 15 is 0 Å². The van der Waals surface area contributed by atoms with Crippen LogP contribution in [0.2, 0.25) is 0 Å². The Morgan fingerprint density at radius 3 is 2.82 bits per heavy atom. The van der Waals surface area contributed by atoms with E-state index in [9.17, 15) is 4.79 Å². The molecule has 5 nitrogen and oxygen atoms in total. The normalized spacial score (nSPS) is 10.5. The molecule has 0 bridgehead atoms. The summed E-state index contributed by atoms with van der Waals surface area (Å²) >= 11 is 3.33. The van der Waals surface area contributed by atoms with Gasteiger partial charge in [0.05, 0.1) is 24.6 Å². The lowest BCUT2D eigenvalue weighted by molar-refractivity contribution is -0.136. The fourth-order valence-corrected chi connectivity index (χ4v) is 1.82. The minimum Gasteiger partial charge on any atom is -0.481 e. The minimum absolute atomic E-state index is 0.210. The average molecular weight is 297 g/mol. The molecule has 0 aliphatic carbocycles. The number of fused-ring (bicyclic) bond motifs is 1.